The van der Waals surface area contributed by atoms with Crippen LogP contribution in [0.2, 0.25) is 0 Å². The fraction of sp³-hybridized carbons (Fsp3) is 0.556. The van der Waals surface area contributed by atoms with Crippen LogP contribution < -0.4 is 5.11 Å². The van der Waals surface area contributed by atoms with E-state index in [-0.39, 0.29) is 0 Å². The molecule has 1 aromatic rings. The Morgan fingerprint density at radius 3 is 2.26 bits per heavy atom. The van der Waals surface area contributed by atoms with Gasteiger partial charge in [-0.15, -0.1) is 0 Å². The number of ether oxygens (including phenoxy) is 1. The number of carboxylic acid groups (broad SMARTS) is 1. The zero-order valence-corrected chi connectivity index (χ0v) is 14.5. The van der Waals surface area contributed by atoms with E-state index >= 15 is 0 Å². The Morgan fingerprint density at radius 1 is 1.17 bits per heavy atom. The summed E-state index contributed by atoms with van der Waals surface area (Å²) in [6.45, 7) is 2.41. The second-order valence-corrected chi connectivity index (χ2v) is 6.85. The fourth-order valence-corrected chi connectivity index (χ4v) is 2.45. The zero-order chi connectivity index (χ0) is 17.5. The molecule has 0 N–H and O–H groups in total. The molecule has 0 aliphatic carbocycles. The minimum Gasteiger partial charge on any atom is -0.550 e. The summed E-state index contributed by atoms with van der Waals surface area (Å²) < 4.78 is 6.06. The molecule has 1 aromatic carbocycles. The number of benzene rings is 1. The third kappa shape index (κ3) is 6.82. The molecule has 0 saturated carbocycles. The first-order valence-corrected chi connectivity index (χ1v) is 8.02. The Labute approximate surface area is 138 Å². The van der Waals surface area contributed by atoms with Crippen molar-refractivity contribution < 1.29 is 23.9 Å². The first-order chi connectivity index (χ1) is 10.7. The van der Waals surface area contributed by atoms with Gasteiger partial charge < -0.3 is 19.1 Å². The Morgan fingerprint density at radius 2 is 1.78 bits per heavy atom. The lowest BCUT2D eigenvalue weighted by Gasteiger charge is -2.33. The highest BCUT2D eigenvalue weighted by Gasteiger charge is 2.31. The SMILES string of the molecule is CCCCC(C(=O)[O-])C(C[N+](C)(C)C)OC(=O)c1ccccc1. The molecule has 0 heterocycles. The summed E-state index contributed by atoms with van der Waals surface area (Å²) in [4.78, 5) is 23.8. The standard InChI is InChI=1S/C18H27NO4/c1-5-6-12-15(17(20)21)16(13-19(2,3)4)23-18(22)14-10-8-7-9-11-14/h7-11,15-16H,5-6,12-13H2,1-4H3. The average Bonchev–Trinajstić information content (AvgIpc) is 2.46. The van der Waals surface area contributed by atoms with Gasteiger partial charge in [0.2, 0.25) is 0 Å². The molecule has 0 aromatic heterocycles. The number of carbonyl (C=O) groups is 2. The molecule has 0 saturated heterocycles. The van der Waals surface area contributed by atoms with Crippen LogP contribution in [0, 0.1) is 5.92 Å². The van der Waals surface area contributed by atoms with Gasteiger partial charge in [0.25, 0.3) is 0 Å². The van der Waals surface area contributed by atoms with Crippen molar-refractivity contribution in [2.75, 3.05) is 27.7 Å². The number of hydrogen-bond donors (Lipinski definition) is 0. The molecule has 2 unspecified atom stereocenters. The molecule has 0 spiro atoms. The second-order valence-electron chi connectivity index (χ2n) is 6.85. The Bertz CT molecular complexity index is 508. The van der Waals surface area contributed by atoms with E-state index in [1.807, 2.05) is 34.1 Å². The van der Waals surface area contributed by atoms with Crippen molar-refractivity contribution in [1.82, 2.24) is 0 Å². The number of likely N-dealkylation sites (N-methyl/N-ethyl adjacent to an activating group) is 1. The summed E-state index contributed by atoms with van der Waals surface area (Å²) in [7, 11) is 5.82. The lowest BCUT2D eigenvalue weighted by molar-refractivity contribution is -0.873. The molecule has 0 amide bonds. The molecule has 128 valence electrons. The van der Waals surface area contributed by atoms with Crippen molar-refractivity contribution in [3.05, 3.63) is 35.9 Å². The average molecular weight is 321 g/mol. The lowest BCUT2D eigenvalue weighted by atomic mass is 9.95. The largest absolute Gasteiger partial charge is 0.550 e. The highest BCUT2D eigenvalue weighted by molar-refractivity contribution is 5.89. The zero-order valence-electron chi connectivity index (χ0n) is 14.5. The molecule has 0 radical (unpaired) electrons. The number of unbranched alkanes of at least 4 members (excludes halogenated alkanes) is 1. The monoisotopic (exact) mass is 321 g/mol. The molecule has 0 bridgehead atoms. The molecule has 23 heavy (non-hydrogen) atoms. The number of esters is 1. The van der Waals surface area contributed by atoms with E-state index in [0.29, 0.717) is 23.0 Å². The predicted octanol–water partition coefficient (Wildman–Crippen LogP) is 1.47. The minimum atomic E-state index is -1.15. The summed E-state index contributed by atoms with van der Waals surface area (Å²) in [5.41, 5.74) is 0.423. The fourth-order valence-electron chi connectivity index (χ4n) is 2.45. The van der Waals surface area contributed by atoms with Crippen LogP contribution >= 0.6 is 0 Å². The maximum Gasteiger partial charge on any atom is 0.338 e. The van der Waals surface area contributed by atoms with Gasteiger partial charge in [0.1, 0.15) is 6.54 Å². The normalized spacial score (nSPS) is 14.1. The number of rotatable bonds is 9. The molecule has 0 aliphatic heterocycles. The van der Waals surface area contributed by atoms with Crippen molar-refractivity contribution in [1.29, 1.82) is 0 Å². The third-order valence-electron chi connectivity index (χ3n) is 3.62. The van der Waals surface area contributed by atoms with Gasteiger partial charge in [0.15, 0.2) is 6.10 Å². The van der Waals surface area contributed by atoms with Crippen molar-refractivity contribution in [3.63, 3.8) is 0 Å². The maximum absolute atomic E-state index is 12.3. The lowest BCUT2D eigenvalue weighted by Crippen LogP contribution is -2.50. The van der Waals surface area contributed by atoms with Crippen molar-refractivity contribution in [2.45, 2.75) is 32.3 Å². The molecular formula is C18H27NO4. The van der Waals surface area contributed by atoms with E-state index in [0.717, 1.165) is 12.8 Å². The highest BCUT2D eigenvalue weighted by Crippen LogP contribution is 2.19. The molecule has 0 aliphatic rings. The number of nitrogens with zero attached hydrogens (tertiary/aromatic N) is 1. The van der Waals surface area contributed by atoms with Gasteiger partial charge in [-0.05, 0) is 18.6 Å². The molecule has 5 nitrogen and oxygen atoms in total. The molecule has 2 atom stereocenters. The summed E-state index contributed by atoms with van der Waals surface area (Å²) in [5, 5.41) is 11.5. The van der Waals surface area contributed by atoms with Crippen LogP contribution in [0.5, 0.6) is 0 Å². The van der Waals surface area contributed by atoms with Gasteiger partial charge in [-0.25, -0.2) is 4.79 Å². The number of carboxylic acids is 1. The number of aliphatic carboxylic acids is 1. The summed E-state index contributed by atoms with van der Waals surface area (Å²) in [6, 6.07) is 8.62. The number of hydrogen-bond acceptors (Lipinski definition) is 4. The highest BCUT2D eigenvalue weighted by atomic mass is 16.5. The third-order valence-corrected chi connectivity index (χ3v) is 3.62. The van der Waals surface area contributed by atoms with Gasteiger partial charge >= 0.3 is 5.97 Å². The van der Waals surface area contributed by atoms with Crippen LogP contribution in [0.4, 0.5) is 0 Å². The quantitative estimate of drug-likeness (QED) is 0.510. The second kappa shape index (κ2) is 8.67. The van der Waals surface area contributed by atoms with Gasteiger partial charge in [-0.1, -0.05) is 38.0 Å². The molecular weight excluding hydrogens is 294 g/mol. The predicted molar refractivity (Wildman–Crippen MR) is 86.6 cm³/mol. The molecule has 1 rings (SSSR count). The Kier molecular flexibility index (Phi) is 7.23. The van der Waals surface area contributed by atoms with E-state index in [4.69, 9.17) is 4.74 Å². The van der Waals surface area contributed by atoms with Crippen molar-refractivity contribution >= 4 is 11.9 Å². The van der Waals surface area contributed by atoms with E-state index in [1.165, 1.54) is 0 Å². The molecule has 0 fully saturated rings. The Hall–Kier alpha value is -1.88. The van der Waals surface area contributed by atoms with Gasteiger partial charge in [-0.2, -0.15) is 0 Å². The van der Waals surface area contributed by atoms with E-state index in [9.17, 15) is 14.7 Å². The van der Waals surface area contributed by atoms with E-state index < -0.39 is 24.0 Å². The first-order valence-electron chi connectivity index (χ1n) is 8.02. The number of carbonyl (C=O) groups excluding carboxylic acids is 2. The maximum atomic E-state index is 12.3. The minimum absolute atomic E-state index is 0.418. The van der Waals surface area contributed by atoms with E-state index in [1.54, 1.807) is 24.3 Å². The number of quaternary nitrogens is 1. The van der Waals surface area contributed by atoms with Crippen LogP contribution in [-0.2, 0) is 9.53 Å². The smallest absolute Gasteiger partial charge is 0.338 e. The van der Waals surface area contributed by atoms with Crippen LogP contribution in [0.3, 0.4) is 0 Å². The topological polar surface area (TPSA) is 66.4 Å². The summed E-state index contributed by atoms with van der Waals surface area (Å²) in [5.74, 6) is -2.44. The van der Waals surface area contributed by atoms with Gasteiger partial charge in [0.05, 0.1) is 26.7 Å². The first kappa shape index (κ1) is 19.2. The summed E-state index contributed by atoms with van der Waals surface area (Å²) in [6.07, 6.45) is 1.38. The van der Waals surface area contributed by atoms with Crippen LogP contribution in [-0.4, -0.2) is 50.2 Å². The van der Waals surface area contributed by atoms with Gasteiger partial charge in [-0.3, -0.25) is 0 Å². The van der Waals surface area contributed by atoms with Gasteiger partial charge in [0, 0.05) is 11.9 Å². The Balaban J connectivity index is 2.94. The van der Waals surface area contributed by atoms with Crippen LogP contribution in [0.15, 0.2) is 30.3 Å². The van der Waals surface area contributed by atoms with E-state index in [2.05, 4.69) is 0 Å². The summed E-state index contributed by atoms with van der Waals surface area (Å²) >= 11 is 0. The van der Waals surface area contributed by atoms with Crippen LogP contribution in [0.1, 0.15) is 36.5 Å². The molecule has 5 heteroatoms. The van der Waals surface area contributed by atoms with Crippen molar-refractivity contribution in [2.24, 2.45) is 5.92 Å². The van der Waals surface area contributed by atoms with Crippen LogP contribution in [0.25, 0.3) is 0 Å². The van der Waals surface area contributed by atoms with Crippen molar-refractivity contribution in [3.8, 4) is 0 Å².